The van der Waals surface area contributed by atoms with E-state index in [9.17, 15) is 23.1 Å². The third-order valence-corrected chi connectivity index (χ3v) is 2.79. The van der Waals surface area contributed by atoms with E-state index in [0.717, 1.165) is 12.1 Å². The lowest BCUT2D eigenvalue weighted by molar-refractivity contribution is -0.137. The number of benzene rings is 2. The fourth-order valence-corrected chi connectivity index (χ4v) is 1.79. The van der Waals surface area contributed by atoms with Gasteiger partial charge in [0.1, 0.15) is 5.75 Å². The Kier molecular flexibility index (Phi) is 3.40. The first-order valence-corrected chi connectivity index (χ1v) is 5.59. The molecule has 0 unspecified atom stereocenters. The zero-order valence-corrected chi connectivity index (χ0v) is 10.1. The molecule has 104 valence electrons. The van der Waals surface area contributed by atoms with Gasteiger partial charge in [-0.05, 0) is 35.4 Å². The molecule has 0 aliphatic heterocycles. The van der Waals surface area contributed by atoms with E-state index >= 15 is 0 Å². The second kappa shape index (κ2) is 4.88. The van der Waals surface area contributed by atoms with Crippen LogP contribution in [0.1, 0.15) is 15.9 Å². The van der Waals surface area contributed by atoms with Crippen LogP contribution in [0.5, 0.6) is 5.75 Å². The Morgan fingerprint density at radius 2 is 1.70 bits per heavy atom. The van der Waals surface area contributed by atoms with Gasteiger partial charge >= 0.3 is 6.18 Å². The Labute approximate surface area is 112 Å². The van der Waals surface area contributed by atoms with Crippen molar-refractivity contribution in [2.24, 2.45) is 5.73 Å². The van der Waals surface area contributed by atoms with Gasteiger partial charge in [-0.15, -0.1) is 0 Å². The summed E-state index contributed by atoms with van der Waals surface area (Å²) in [5.74, 6) is -1.16. The third-order valence-electron chi connectivity index (χ3n) is 2.79. The van der Waals surface area contributed by atoms with E-state index in [1.54, 1.807) is 0 Å². The zero-order valence-electron chi connectivity index (χ0n) is 10.1. The van der Waals surface area contributed by atoms with Gasteiger partial charge in [-0.1, -0.05) is 18.2 Å². The highest BCUT2D eigenvalue weighted by atomic mass is 19.4. The molecule has 0 spiro atoms. The molecule has 3 N–H and O–H groups in total. The highest BCUT2D eigenvalue weighted by molar-refractivity contribution is 5.96. The topological polar surface area (TPSA) is 63.3 Å². The molecule has 3 nitrogen and oxygen atoms in total. The summed E-state index contributed by atoms with van der Waals surface area (Å²) in [6, 6.07) is 8.57. The molecule has 0 fully saturated rings. The predicted octanol–water partition coefficient (Wildman–Crippen LogP) is 3.18. The van der Waals surface area contributed by atoms with E-state index in [-0.39, 0.29) is 16.9 Å². The van der Waals surface area contributed by atoms with Crippen molar-refractivity contribution in [3.8, 4) is 16.9 Å². The fourth-order valence-electron chi connectivity index (χ4n) is 1.79. The minimum Gasteiger partial charge on any atom is -0.507 e. The summed E-state index contributed by atoms with van der Waals surface area (Å²) in [4.78, 5) is 11.1. The van der Waals surface area contributed by atoms with Crippen molar-refractivity contribution >= 4 is 5.91 Å². The summed E-state index contributed by atoms with van der Waals surface area (Å²) in [5.41, 5.74) is 4.80. The van der Waals surface area contributed by atoms with Crippen LogP contribution in [0.2, 0.25) is 0 Å². The number of alkyl halides is 3. The fraction of sp³-hybridized carbons (Fsp3) is 0.0714. The highest BCUT2D eigenvalue weighted by Crippen LogP contribution is 2.33. The summed E-state index contributed by atoms with van der Waals surface area (Å²) >= 11 is 0. The van der Waals surface area contributed by atoms with Crippen molar-refractivity contribution < 1.29 is 23.1 Å². The molecule has 0 aliphatic rings. The first kappa shape index (κ1) is 13.9. The van der Waals surface area contributed by atoms with Crippen molar-refractivity contribution in [3.63, 3.8) is 0 Å². The average molecular weight is 281 g/mol. The Morgan fingerprint density at radius 3 is 2.30 bits per heavy atom. The number of primary amides is 1. The van der Waals surface area contributed by atoms with Crippen LogP contribution in [-0.2, 0) is 6.18 Å². The van der Waals surface area contributed by atoms with Gasteiger partial charge in [-0.25, -0.2) is 0 Å². The van der Waals surface area contributed by atoms with Crippen molar-refractivity contribution in [1.82, 2.24) is 0 Å². The molecule has 0 bridgehead atoms. The molecule has 2 rings (SSSR count). The first-order chi connectivity index (χ1) is 9.29. The Morgan fingerprint density at radius 1 is 1.05 bits per heavy atom. The number of halogens is 3. The molecule has 0 radical (unpaired) electrons. The lowest BCUT2D eigenvalue weighted by Gasteiger charge is -2.10. The standard InChI is InChI=1S/C14H10F3NO2/c15-14(16,17)10-3-1-2-8(6-10)9-4-5-12(19)11(7-9)13(18)20/h1-7,19H,(H2,18,20). The Balaban J connectivity index is 2.52. The molecule has 0 atom stereocenters. The van der Waals surface area contributed by atoms with E-state index in [0.29, 0.717) is 5.56 Å². The third kappa shape index (κ3) is 2.74. The number of rotatable bonds is 2. The number of hydrogen-bond donors (Lipinski definition) is 2. The Bertz CT molecular complexity index is 666. The van der Waals surface area contributed by atoms with E-state index in [1.165, 1.54) is 30.3 Å². The predicted molar refractivity (Wildman–Crippen MR) is 67.1 cm³/mol. The minimum absolute atomic E-state index is 0.139. The van der Waals surface area contributed by atoms with E-state index in [1.807, 2.05) is 0 Å². The van der Waals surface area contributed by atoms with Crippen molar-refractivity contribution in [2.45, 2.75) is 6.18 Å². The second-order valence-electron chi connectivity index (χ2n) is 4.17. The van der Waals surface area contributed by atoms with Crippen molar-refractivity contribution in [2.75, 3.05) is 0 Å². The van der Waals surface area contributed by atoms with E-state index < -0.39 is 17.6 Å². The molecule has 0 aromatic heterocycles. The normalized spacial score (nSPS) is 11.3. The molecule has 20 heavy (non-hydrogen) atoms. The molecular formula is C14H10F3NO2. The lowest BCUT2D eigenvalue weighted by atomic mass is 10.00. The summed E-state index contributed by atoms with van der Waals surface area (Å²) < 4.78 is 37.9. The summed E-state index contributed by atoms with van der Waals surface area (Å²) in [7, 11) is 0. The van der Waals surface area contributed by atoms with Crippen LogP contribution in [0.3, 0.4) is 0 Å². The molecular weight excluding hydrogens is 271 g/mol. The van der Waals surface area contributed by atoms with E-state index in [2.05, 4.69) is 0 Å². The van der Waals surface area contributed by atoms with Gasteiger partial charge in [0, 0.05) is 0 Å². The van der Waals surface area contributed by atoms with Gasteiger partial charge in [-0.2, -0.15) is 13.2 Å². The maximum absolute atomic E-state index is 12.6. The lowest BCUT2D eigenvalue weighted by Crippen LogP contribution is -2.11. The van der Waals surface area contributed by atoms with E-state index in [4.69, 9.17) is 5.73 Å². The van der Waals surface area contributed by atoms with Gasteiger partial charge in [0.25, 0.3) is 5.91 Å². The van der Waals surface area contributed by atoms with Crippen LogP contribution in [0.25, 0.3) is 11.1 Å². The molecule has 0 saturated heterocycles. The molecule has 0 aliphatic carbocycles. The van der Waals surface area contributed by atoms with Crippen LogP contribution < -0.4 is 5.73 Å². The van der Waals surface area contributed by atoms with Crippen molar-refractivity contribution in [3.05, 3.63) is 53.6 Å². The first-order valence-electron chi connectivity index (χ1n) is 5.59. The van der Waals surface area contributed by atoms with Crippen LogP contribution >= 0.6 is 0 Å². The van der Waals surface area contributed by atoms with Gasteiger partial charge in [0.15, 0.2) is 0 Å². The molecule has 0 heterocycles. The quantitative estimate of drug-likeness (QED) is 0.888. The van der Waals surface area contributed by atoms with Gasteiger partial charge in [0.2, 0.25) is 0 Å². The Hall–Kier alpha value is -2.50. The van der Waals surface area contributed by atoms with Crippen LogP contribution in [0.4, 0.5) is 13.2 Å². The molecule has 2 aromatic rings. The molecule has 6 heteroatoms. The SMILES string of the molecule is NC(=O)c1cc(-c2cccc(C(F)(F)F)c2)ccc1O. The average Bonchev–Trinajstić information content (AvgIpc) is 2.38. The number of amides is 1. The molecule has 0 saturated carbocycles. The van der Waals surface area contributed by atoms with Gasteiger partial charge < -0.3 is 10.8 Å². The van der Waals surface area contributed by atoms with Crippen LogP contribution in [0.15, 0.2) is 42.5 Å². The summed E-state index contributed by atoms with van der Waals surface area (Å²) in [6.45, 7) is 0. The summed E-state index contributed by atoms with van der Waals surface area (Å²) in [5, 5.41) is 9.46. The number of phenols is 1. The molecule has 1 amide bonds. The maximum Gasteiger partial charge on any atom is 0.416 e. The number of hydrogen-bond acceptors (Lipinski definition) is 2. The number of nitrogens with two attached hydrogens (primary N) is 1. The summed E-state index contributed by atoms with van der Waals surface area (Å²) in [6.07, 6.45) is -4.44. The second-order valence-corrected chi connectivity index (χ2v) is 4.17. The number of carbonyl (C=O) groups excluding carboxylic acids is 1. The largest absolute Gasteiger partial charge is 0.507 e. The van der Waals surface area contributed by atoms with Crippen molar-refractivity contribution in [1.29, 1.82) is 0 Å². The monoisotopic (exact) mass is 281 g/mol. The highest BCUT2D eigenvalue weighted by Gasteiger charge is 2.30. The van der Waals surface area contributed by atoms with Crippen LogP contribution in [0, 0.1) is 0 Å². The number of aromatic hydroxyl groups is 1. The smallest absolute Gasteiger partial charge is 0.416 e. The van der Waals surface area contributed by atoms with Crippen LogP contribution in [-0.4, -0.2) is 11.0 Å². The van der Waals surface area contributed by atoms with Gasteiger partial charge in [-0.3, -0.25) is 4.79 Å². The van der Waals surface area contributed by atoms with Gasteiger partial charge in [0.05, 0.1) is 11.1 Å². The number of carbonyl (C=O) groups is 1. The maximum atomic E-state index is 12.6. The minimum atomic E-state index is -4.44. The molecule has 2 aromatic carbocycles. The zero-order chi connectivity index (χ0) is 14.9.